The number of aromatic amines is 1. The molecule has 0 atom stereocenters. The van der Waals surface area contributed by atoms with Crippen LogP contribution in [0.4, 0.5) is 8.78 Å². The van der Waals surface area contributed by atoms with Gasteiger partial charge < -0.3 is 14.3 Å². The molecule has 25 heavy (non-hydrogen) atoms. The number of rotatable bonds is 5. The fourth-order valence-electron chi connectivity index (χ4n) is 2.63. The van der Waals surface area contributed by atoms with Crippen LogP contribution in [0.5, 0.6) is 5.75 Å². The van der Waals surface area contributed by atoms with Crippen molar-refractivity contribution in [3.63, 3.8) is 0 Å². The number of methoxy groups -OCH3 is 1. The highest BCUT2D eigenvalue weighted by Gasteiger charge is 2.20. The Hall–Kier alpha value is -3.03. The van der Waals surface area contributed by atoms with E-state index < -0.39 is 11.6 Å². The molecule has 0 bridgehead atoms. The maximum Gasteiger partial charge on any atom is 0.251 e. The smallest absolute Gasteiger partial charge is 0.251 e. The number of H-pyrrole nitrogens is 1. The Kier molecular flexibility index (Phi) is 4.60. The first-order valence-electron chi connectivity index (χ1n) is 7.60. The monoisotopic (exact) mass is 346 g/mol. The molecule has 0 unspecified atom stereocenters. The maximum atomic E-state index is 14.3. The van der Waals surface area contributed by atoms with Gasteiger partial charge in [-0.1, -0.05) is 0 Å². The van der Waals surface area contributed by atoms with Crippen molar-refractivity contribution in [1.29, 1.82) is 0 Å². The summed E-state index contributed by atoms with van der Waals surface area (Å²) in [5, 5.41) is 0. The van der Waals surface area contributed by atoms with Gasteiger partial charge in [-0.25, -0.2) is 18.7 Å². The van der Waals surface area contributed by atoms with Crippen molar-refractivity contribution in [2.45, 2.75) is 19.9 Å². The van der Waals surface area contributed by atoms with Gasteiger partial charge in [0.1, 0.15) is 17.4 Å². The summed E-state index contributed by atoms with van der Waals surface area (Å²) >= 11 is 0. The first kappa shape index (κ1) is 16.8. The lowest BCUT2D eigenvalue weighted by atomic mass is 10.1. The summed E-state index contributed by atoms with van der Waals surface area (Å²) in [7, 11) is 1.38. The van der Waals surface area contributed by atoms with E-state index in [-0.39, 0.29) is 22.7 Å². The van der Waals surface area contributed by atoms with E-state index in [1.54, 1.807) is 17.7 Å². The molecule has 3 rings (SSSR count). The molecular formula is C17H16F2N4O2. The van der Waals surface area contributed by atoms with E-state index in [4.69, 9.17) is 4.74 Å². The number of ether oxygens (including phenoxy) is 1. The molecule has 1 aromatic carbocycles. The van der Waals surface area contributed by atoms with Gasteiger partial charge in [0.25, 0.3) is 5.56 Å². The minimum absolute atomic E-state index is 0.0393. The van der Waals surface area contributed by atoms with Crippen molar-refractivity contribution < 1.29 is 13.5 Å². The van der Waals surface area contributed by atoms with E-state index in [0.29, 0.717) is 24.5 Å². The van der Waals surface area contributed by atoms with Gasteiger partial charge in [0.15, 0.2) is 11.6 Å². The van der Waals surface area contributed by atoms with Crippen LogP contribution in [0.3, 0.4) is 0 Å². The van der Waals surface area contributed by atoms with E-state index in [9.17, 15) is 13.6 Å². The van der Waals surface area contributed by atoms with Gasteiger partial charge >= 0.3 is 0 Å². The molecule has 0 radical (unpaired) electrons. The van der Waals surface area contributed by atoms with Gasteiger partial charge in [0.2, 0.25) is 0 Å². The third-order valence-corrected chi connectivity index (χ3v) is 3.74. The fourth-order valence-corrected chi connectivity index (χ4v) is 2.63. The topological polar surface area (TPSA) is 72.8 Å². The molecule has 6 nitrogen and oxygen atoms in total. The maximum absolute atomic E-state index is 14.3. The molecule has 0 aliphatic heterocycles. The summed E-state index contributed by atoms with van der Waals surface area (Å²) in [6.07, 6.45) is 3.59. The molecule has 1 N–H and O–H groups in total. The predicted molar refractivity (Wildman–Crippen MR) is 87.4 cm³/mol. The molecular weight excluding hydrogens is 330 g/mol. The molecule has 0 spiro atoms. The number of aryl methyl sites for hydroxylation is 3. The van der Waals surface area contributed by atoms with E-state index >= 15 is 0 Å². The molecule has 0 saturated carbocycles. The minimum atomic E-state index is -1.02. The van der Waals surface area contributed by atoms with Crippen molar-refractivity contribution in [2.24, 2.45) is 0 Å². The number of halogens is 2. The summed E-state index contributed by atoms with van der Waals surface area (Å²) in [4.78, 5) is 22.5. The predicted octanol–water partition coefficient (Wildman–Crippen LogP) is 2.47. The van der Waals surface area contributed by atoms with E-state index in [2.05, 4.69) is 15.0 Å². The molecule has 8 heteroatoms. The lowest BCUT2D eigenvalue weighted by Gasteiger charge is -2.12. The lowest BCUT2D eigenvalue weighted by Crippen LogP contribution is -2.12. The summed E-state index contributed by atoms with van der Waals surface area (Å²) in [6, 6.07) is 3.77. The zero-order valence-electron chi connectivity index (χ0n) is 13.7. The van der Waals surface area contributed by atoms with Gasteiger partial charge in [-0.3, -0.25) is 4.79 Å². The molecule has 130 valence electrons. The fraction of sp³-hybridized carbons (Fsp3) is 0.235. The van der Waals surface area contributed by atoms with Crippen LogP contribution < -0.4 is 10.3 Å². The van der Waals surface area contributed by atoms with Gasteiger partial charge in [-0.2, -0.15) is 0 Å². The van der Waals surface area contributed by atoms with E-state index in [1.165, 1.54) is 25.4 Å². The number of nitrogens with zero attached hydrogens (tertiary/aromatic N) is 3. The first-order valence-corrected chi connectivity index (χ1v) is 7.60. The molecule has 0 amide bonds. The molecule has 0 aliphatic rings. The Labute approximate surface area is 142 Å². The molecule has 2 heterocycles. The number of benzene rings is 1. The van der Waals surface area contributed by atoms with Crippen molar-refractivity contribution in [3.8, 4) is 17.1 Å². The molecule has 3 aromatic rings. The van der Waals surface area contributed by atoms with Crippen LogP contribution in [0.2, 0.25) is 0 Å². The number of imidazole rings is 1. The van der Waals surface area contributed by atoms with Crippen molar-refractivity contribution >= 4 is 0 Å². The van der Waals surface area contributed by atoms with Crippen molar-refractivity contribution in [1.82, 2.24) is 19.5 Å². The summed E-state index contributed by atoms with van der Waals surface area (Å²) in [6.45, 7) is 2.09. The Bertz CT molecular complexity index is 966. The van der Waals surface area contributed by atoms with Crippen molar-refractivity contribution in [3.05, 3.63) is 64.1 Å². The number of aromatic nitrogens is 4. The molecule has 0 aliphatic carbocycles. The molecule has 2 aromatic heterocycles. The van der Waals surface area contributed by atoms with Crippen LogP contribution >= 0.6 is 0 Å². The Morgan fingerprint density at radius 3 is 2.84 bits per heavy atom. The SMILES string of the molecule is COc1ccc(F)c(F)c1-c1nccn1CCc1cc(=O)[nH]c(C)n1. The third kappa shape index (κ3) is 3.42. The highest BCUT2D eigenvalue weighted by Crippen LogP contribution is 2.32. The van der Waals surface area contributed by atoms with Crippen molar-refractivity contribution in [2.75, 3.05) is 7.11 Å². The Morgan fingerprint density at radius 1 is 1.32 bits per heavy atom. The zero-order valence-corrected chi connectivity index (χ0v) is 13.7. The van der Waals surface area contributed by atoms with Crippen LogP contribution in [0.25, 0.3) is 11.4 Å². The van der Waals surface area contributed by atoms with Crippen LogP contribution in [0, 0.1) is 18.6 Å². The first-order chi connectivity index (χ1) is 12.0. The van der Waals surface area contributed by atoms with Gasteiger partial charge in [0, 0.05) is 37.1 Å². The summed E-state index contributed by atoms with van der Waals surface area (Å²) < 4.78 is 34.7. The third-order valence-electron chi connectivity index (χ3n) is 3.74. The normalized spacial score (nSPS) is 10.9. The second kappa shape index (κ2) is 6.84. The summed E-state index contributed by atoms with van der Waals surface area (Å²) in [5.41, 5.74) is 0.335. The van der Waals surface area contributed by atoms with Crippen LogP contribution in [0.1, 0.15) is 11.5 Å². The average Bonchev–Trinajstić information content (AvgIpc) is 3.02. The second-order valence-corrected chi connectivity index (χ2v) is 5.46. The number of nitrogens with one attached hydrogen (secondary N) is 1. The van der Waals surface area contributed by atoms with E-state index in [0.717, 1.165) is 6.07 Å². The van der Waals surface area contributed by atoms with Crippen LogP contribution in [-0.4, -0.2) is 26.6 Å². The van der Waals surface area contributed by atoms with Crippen LogP contribution in [-0.2, 0) is 13.0 Å². The molecule has 0 saturated heterocycles. The van der Waals surface area contributed by atoms with Gasteiger partial charge in [0.05, 0.1) is 12.7 Å². The second-order valence-electron chi connectivity index (χ2n) is 5.46. The number of hydrogen-bond donors (Lipinski definition) is 1. The quantitative estimate of drug-likeness (QED) is 0.770. The zero-order chi connectivity index (χ0) is 18.0. The largest absolute Gasteiger partial charge is 0.496 e. The highest BCUT2D eigenvalue weighted by atomic mass is 19.2. The lowest BCUT2D eigenvalue weighted by molar-refractivity contribution is 0.408. The van der Waals surface area contributed by atoms with Gasteiger partial charge in [-0.05, 0) is 19.1 Å². The van der Waals surface area contributed by atoms with Crippen LogP contribution in [0.15, 0.2) is 35.4 Å². The van der Waals surface area contributed by atoms with E-state index in [1.807, 2.05) is 0 Å². The minimum Gasteiger partial charge on any atom is -0.496 e. The Balaban J connectivity index is 1.94. The highest BCUT2D eigenvalue weighted by molar-refractivity contribution is 5.65. The summed E-state index contributed by atoms with van der Waals surface area (Å²) in [5.74, 6) is -1.03. The van der Waals surface area contributed by atoms with Gasteiger partial charge in [-0.15, -0.1) is 0 Å². The average molecular weight is 346 g/mol. The number of hydrogen-bond acceptors (Lipinski definition) is 4. The standard InChI is InChI=1S/C17H16F2N4O2/c1-10-21-11(9-14(24)22-10)5-7-23-8-6-20-17(23)15-13(25-2)4-3-12(18)16(15)19/h3-4,6,8-9H,5,7H2,1-2H3,(H,21,22,24). The Morgan fingerprint density at radius 2 is 2.12 bits per heavy atom. The molecule has 0 fully saturated rings.